The second-order valence-corrected chi connectivity index (χ2v) is 4.90. The molecule has 0 radical (unpaired) electrons. The number of hydrogen-bond donors (Lipinski definition) is 1. The molecule has 0 aromatic heterocycles. The van der Waals surface area contributed by atoms with Gasteiger partial charge in [0, 0.05) is 17.5 Å². The summed E-state index contributed by atoms with van der Waals surface area (Å²) < 4.78 is 10.8. The van der Waals surface area contributed by atoms with Gasteiger partial charge in [-0.15, -0.1) is 0 Å². The predicted octanol–water partition coefficient (Wildman–Crippen LogP) is 2.15. The van der Waals surface area contributed by atoms with Crippen molar-refractivity contribution in [3.63, 3.8) is 0 Å². The number of benzene rings is 1. The molecule has 0 spiro atoms. The Kier molecular flexibility index (Phi) is 2.58. The molecule has 1 aromatic carbocycles. The van der Waals surface area contributed by atoms with E-state index in [1.807, 2.05) is 18.2 Å². The van der Waals surface area contributed by atoms with Crippen LogP contribution in [-0.2, 0) is 0 Å². The smallest absolute Gasteiger partial charge is 0.126 e. The van der Waals surface area contributed by atoms with Crippen LogP contribution in [0.15, 0.2) is 18.2 Å². The fraction of sp³-hybridized carbons (Fsp3) is 0.538. The Morgan fingerprint density at radius 1 is 1.12 bits per heavy atom. The molecule has 1 aromatic rings. The summed E-state index contributed by atoms with van der Waals surface area (Å²) in [5, 5.41) is 0. The van der Waals surface area contributed by atoms with Crippen LogP contribution < -0.4 is 15.2 Å². The van der Waals surface area contributed by atoms with Gasteiger partial charge in [-0.25, -0.2) is 0 Å². The molecule has 0 aliphatic heterocycles. The highest BCUT2D eigenvalue weighted by atomic mass is 16.5. The number of rotatable bonds is 3. The van der Waals surface area contributed by atoms with E-state index in [4.69, 9.17) is 15.2 Å². The van der Waals surface area contributed by atoms with Gasteiger partial charge in [-0.1, -0.05) is 19.9 Å². The van der Waals surface area contributed by atoms with E-state index in [0.29, 0.717) is 5.92 Å². The molecule has 1 aliphatic carbocycles. The number of methoxy groups -OCH3 is 2. The zero-order chi connectivity index (χ0) is 11.9. The van der Waals surface area contributed by atoms with Crippen LogP contribution in [0.5, 0.6) is 11.5 Å². The molecular weight excluding hydrogens is 202 g/mol. The third kappa shape index (κ3) is 1.47. The lowest BCUT2D eigenvalue weighted by molar-refractivity contribution is 0.382. The summed E-state index contributed by atoms with van der Waals surface area (Å²) in [7, 11) is 3.36. The fourth-order valence-electron chi connectivity index (χ4n) is 2.42. The largest absolute Gasteiger partial charge is 0.496 e. The summed E-state index contributed by atoms with van der Waals surface area (Å²) in [6, 6.07) is 6.03. The lowest BCUT2D eigenvalue weighted by atomic mass is 10.0. The SMILES string of the molecule is COc1cccc(OC)c1[C@H]1[C@H](N)C1(C)C. The highest BCUT2D eigenvalue weighted by Gasteiger charge is 2.58. The maximum atomic E-state index is 6.11. The van der Waals surface area contributed by atoms with E-state index in [1.165, 1.54) is 0 Å². The Hall–Kier alpha value is -1.22. The van der Waals surface area contributed by atoms with Gasteiger partial charge < -0.3 is 15.2 Å². The Morgan fingerprint density at radius 3 is 1.88 bits per heavy atom. The summed E-state index contributed by atoms with van der Waals surface area (Å²) >= 11 is 0. The van der Waals surface area contributed by atoms with Gasteiger partial charge >= 0.3 is 0 Å². The van der Waals surface area contributed by atoms with Crippen molar-refractivity contribution in [1.29, 1.82) is 0 Å². The minimum absolute atomic E-state index is 0.127. The summed E-state index contributed by atoms with van der Waals surface area (Å²) in [5.74, 6) is 2.05. The van der Waals surface area contributed by atoms with E-state index >= 15 is 0 Å². The van der Waals surface area contributed by atoms with Crippen molar-refractivity contribution in [2.24, 2.45) is 11.1 Å². The average Bonchev–Trinajstić information content (AvgIpc) is 2.77. The molecule has 1 saturated carbocycles. The molecule has 1 fully saturated rings. The van der Waals surface area contributed by atoms with Crippen LogP contribution in [0, 0.1) is 5.41 Å². The van der Waals surface area contributed by atoms with Crippen LogP contribution in [0.2, 0.25) is 0 Å². The average molecular weight is 221 g/mol. The molecule has 3 nitrogen and oxygen atoms in total. The Balaban J connectivity index is 2.47. The van der Waals surface area contributed by atoms with E-state index in [2.05, 4.69) is 13.8 Å². The molecule has 88 valence electrons. The number of ether oxygens (including phenoxy) is 2. The van der Waals surface area contributed by atoms with E-state index in [1.54, 1.807) is 14.2 Å². The van der Waals surface area contributed by atoms with Crippen molar-refractivity contribution in [2.45, 2.75) is 25.8 Å². The predicted molar refractivity (Wildman–Crippen MR) is 64.0 cm³/mol. The van der Waals surface area contributed by atoms with Crippen LogP contribution in [0.25, 0.3) is 0 Å². The molecule has 2 N–H and O–H groups in total. The highest BCUT2D eigenvalue weighted by molar-refractivity contribution is 5.52. The molecule has 2 rings (SSSR count). The van der Waals surface area contributed by atoms with Gasteiger partial charge in [-0.05, 0) is 17.5 Å². The van der Waals surface area contributed by atoms with Crippen molar-refractivity contribution in [3.8, 4) is 11.5 Å². The van der Waals surface area contributed by atoms with Gasteiger partial charge in [-0.3, -0.25) is 0 Å². The van der Waals surface area contributed by atoms with Crippen molar-refractivity contribution in [2.75, 3.05) is 14.2 Å². The van der Waals surface area contributed by atoms with Gasteiger partial charge in [0.05, 0.1) is 14.2 Å². The van der Waals surface area contributed by atoms with Crippen molar-refractivity contribution >= 4 is 0 Å². The monoisotopic (exact) mass is 221 g/mol. The molecule has 0 unspecified atom stereocenters. The van der Waals surface area contributed by atoms with Crippen LogP contribution in [-0.4, -0.2) is 20.3 Å². The zero-order valence-electron chi connectivity index (χ0n) is 10.3. The van der Waals surface area contributed by atoms with E-state index in [-0.39, 0.29) is 11.5 Å². The summed E-state index contributed by atoms with van der Waals surface area (Å²) in [6.45, 7) is 4.35. The van der Waals surface area contributed by atoms with Crippen molar-refractivity contribution in [3.05, 3.63) is 23.8 Å². The number of hydrogen-bond acceptors (Lipinski definition) is 3. The molecular formula is C13H19NO2. The Bertz CT molecular complexity index is 379. The second kappa shape index (κ2) is 3.67. The van der Waals surface area contributed by atoms with Crippen molar-refractivity contribution in [1.82, 2.24) is 0 Å². The quantitative estimate of drug-likeness (QED) is 0.850. The Labute approximate surface area is 96.5 Å². The molecule has 0 saturated heterocycles. The topological polar surface area (TPSA) is 44.5 Å². The second-order valence-electron chi connectivity index (χ2n) is 4.90. The maximum Gasteiger partial charge on any atom is 0.126 e. The van der Waals surface area contributed by atoms with Gasteiger partial charge in [0.25, 0.3) is 0 Å². The first-order chi connectivity index (χ1) is 7.54. The fourth-order valence-corrected chi connectivity index (χ4v) is 2.42. The zero-order valence-corrected chi connectivity index (χ0v) is 10.3. The van der Waals surface area contributed by atoms with E-state index < -0.39 is 0 Å². The first kappa shape index (κ1) is 11.3. The minimum atomic E-state index is 0.127. The summed E-state index contributed by atoms with van der Waals surface area (Å²) in [4.78, 5) is 0. The molecule has 16 heavy (non-hydrogen) atoms. The molecule has 0 bridgehead atoms. The third-order valence-electron chi connectivity index (χ3n) is 3.69. The van der Waals surface area contributed by atoms with E-state index in [9.17, 15) is 0 Å². The van der Waals surface area contributed by atoms with E-state index in [0.717, 1.165) is 17.1 Å². The van der Waals surface area contributed by atoms with Crippen LogP contribution in [0.3, 0.4) is 0 Å². The lowest BCUT2D eigenvalue weighted by Gasteiger charge is -2.13. The molecule has 0 heterocycles. The summed E-state index contributed by atoms with van der Waals surface area (Å²) in [5.41, 5.74) is 7.34. The summed E-state index contributed by atoms with van der Waals surface area (Å²) in [6.07, 6.45) is 0. The molecule has 2 atom stereocenters. The Morgan fingerprint density at radius 2 is 1.56 bits per heavy atom. The van der Waals surface area contributed by atoms with Crippen LogP contribution in [0.4, 0.5) is 0 Å². The molecule has 0 amide bonds. The minimum Gasteiger partial charge on any atom is -0.496 e. The third-order valence-corrected chi connectivity index (χ3v) is 3.69. The highest BCUT2D eigenvalue weighted by Crippen LogP contribution is 2.61. The molecule has 1 aliphatic rings. The lowest BCUT2D eigenvalue weighted by Crippen LogP contribution is -2.06. The first-order valence-electron chi connectivity index (χ1n) is 5.50. The van der Waals surface area contributed by atoms with Gasteiger partial charge in [0.2, 0.25) is 0 Å². The van der Waals surface area contributed by atoms with Gasteiger partial charge in [0.1, 0.15) is 11.5 Å². The standard InChI is InChI=1S/C13H19NO2/c1-13(2)11(12(13)14)10-8(15-3)6-5-7-9(10)16-4/h5-7,11-12H,14H2,1-4H3/t11-,12-/m0/s1. The van der Waals surface area contributed by atoms with Gasteiger partial charge in [0.15, 0.2) is 0 Å². The first-order valence-corrected chi connectivity index (χ1v) is 5.50. The van der Waals surface area contributed by atoms with Crippen LogP contribution >= 0.6 is 0 Å². The van der Waals surface area contributed by atoms with Crippen molar-refractivity contribution < 1.29 is 9.47 Å². The number of nitrogens with two attached hydrogens (primary N) is 1. The van der Waals surface area contributed by atoms with Crippen LogP contribution in [0.1, 0.15) is 25.3 Å². The normalized spacial score (nSPS) is 26.3. The van der Waals surface area contributed by atoms with Gasteiger partial charge in [-0.2, -0.15) is 0 Å². The maximum absolute atomic E-state index is 6.11. The molecule has 3 heteroatoms.